The minimum absolute atomic E-state index is 0.132. The minimum atomic E-state index is 0.132. The van der Waals surface area contributed by atoms with Crippen LogP contribution in [0, 0.1) is 0 Å². The van der Waals surface area contributed by atoms with Crippen LogP contribution in [0.5, 0.6) is 0 Å². The molecule has 1 amide bonds. The fourth-order valence-corrected chi connectivity index (χ4v) is 1.84. The van der Waals surface area contributed by atoms with E-state index in [1.807, 2.05) is 0 Å². The topological polar surface area (TPSA) is 80.1 Å². The van der Waals surface area contributed by atoms with E-state index in [4.69, 9.17) is 4.52 Å². The van der Waals surface area contributed by atoms with Crippen molar-refractivity contribution in [2.24, 2.45) is 0 Å². The van der Waals surface area contributed by atoms with Crippen molar-refractivity contribution in [3.05, 3.63) is 12.2 Å². The van der Waals surface area contributed by atoms with E-state index >= 15 is 0 Å². The number of amides is 1. The lowest BCUT2D eigenvalue weighted by atomic mass is 10.1. The summed E-state index contributed by atoms with van der Waals surface area (Å²) in [4.78, 5) is 15.2. The number of hydrogen-bond donors (Lipinski definition) is 2. The molecule has 2 rings (SSSR count). The molecular formula is C10H16N4O2. The molecule has 1 aromatic rings. The summed E-state index contributed by atoms with van der Waals surface area (Å²) < 4.78 is 4.89. The van der Waals surface area contributed by atoms with Gasteiger partial charge in [-0.25, -0.2) is 0 Å². The van der Waals surface area contributed by atoms with E-state index in [1.54, 1.807) is 0 Å². The molecule has 88 valence electrons. The van der Waals surface area contributed by atoms with Crippen molar-refractivity contribution in [1.29, 1.82) is 0 Å². The predicted molar refractivity (Wildman–Crippen MR) is 56.7 cm³/mol. The van der Waals surface area contributed by atoms with E-state index < -0.39 is 0 Å². The Bertz CT molecular complexity index is 326. The molecule has 0 aliphatic carbocycles. The molecule has 6 heteroatoms. The number of hydrogen-bond acceptors (Lipinski definition) is 5. The first kappa shape index (κ1) is 11.1. The number of carbonyl (C=O) groups excluding carboxylic acids is 1. The Hall–Kier alpha value is -1.43. The Morgan fingerprint density at radius 2 is 2.56 bits per heavy atom. The van der Waals surface area contributed by atoms with Gasteiger partial charge in [-0.15, -0.1) is 0 Å². The number of nitrogens with one attached hydrogen (secondary N) is 2. The lowest BCUT2D eigenvalue weighted by Crippen LogP contribution is -2.33. The highest BCUT2D eigenvalue weighted by atomic mass is 16.5. The number of aromatic nitrogens is 2. The van der Waals surface area contributed by atoms with Crippen molar-refractivity contribution in [2.75, 3.05) is 13.1 Å². The third kappa shape index (κ3) is 3.30. The molecule has 1 saturated heterocycles. The fraction of sp³-hybridized carbons (Fsp3) is 0.700. The van der Waals surface area contributed by atoms with Gasteiger partial charge < -0.3 is 15.2 Å². The Balaban J connectivity index is 1.70. The van der Waals surface area contributed by atoms with Crippen LogP contribution >= 0.6 is 0 Å². The van der Waals surface area contributed by atoms with E-state index in [9.17, 15) is 4.79 Å². The summed E-state index contributed by atoms with van der Waals surface area (Å²) in [5, 5.41) is 9.74. The highest BCUT2D eigenvalue weighted by Gasteiger charge is 2.16. The van der Waals surface area contributed by atoms with Crippen molar-refractivity contribution in [2.45, 2.75) is 31.7 Å². The van der Waals surface area contributed by atoms with Crippen LogP contribution in [0.2, 0.25) is 0 Å². The van der Waals surface area contributed by atoms with Gasteiger partial charge >= 0.3 is 0 Å². The summed E-state index contributed by atoms with van der Waals surface area (Å²) in [6.07, 6.45) is 4.73. The first-order chi connectivity index (χ1) is 7.84. The van der Waals surface area contributed by atoms with Crippen molar-refractivity contribution >= 4 is 5.91 Å². The molecule has 6 nitrogen and oxygen atoms in total. The lowest BCUT2D eigenvalue weighted by molar-refractivity contribution is -0.121. The van der Waals surface area contributed by atoms with Crippen LogP contribution < -0.4 is 10.6 Å². The quantitative estimate of drug-likeness (QED) is 0.744. The van der Waals surface area contributed by atoms with Gasteiger partial charge in [-0.05, 0) is 12.8 Å². The molecule has 1 unspecified atom stereocenters. The van der Waals surface area contributed by atoms with Crippen LogP contribution in [0.15, 0.2) is 10.9 Å². The molecule has 2 N–H and O–H groups in total. The van der Waals surface area contributed by atoms with Gasteiger partial charge in [-0.1, -0.05) is 5.16 Å². The summed E-state index contributed by atoms with van der Waals surface area (Å²) in [6.45, 7) is 1.56. The average molecular weight is 224 g/mol. The van der Waals surface area contributed by atoms with Gasteiger partial charge in [0.15, 0.2) is 6.33 Å². The van der Waals surface area contributed by atoms with E-state index in [1.165, 1.54) is 6.33 Å². The Kier molecular flexibility index (Phi) is 3.87. The van der Waals surface area contributed by atoms with Crippen molar-refractivity contribution in [3.63, 3.8) is 0 Å². The van der Waals surface area contributed by atoms with Gasteiger partial charge in [0, 0.05) is 32.0 Å². The van der Waals surface area contributed by atoms with Gasteiger partial charge in [-0.3, -0.25) is 4.79 Å². The predicted octanol–water partition coefficient (Wildman–Crippen LogP) is -0.130. The number of rotatable bonds is 4. The summed E-state index contributed by atoms with van der Waals surface area (Å²) in [6, 6.07) is 0.269. The molecule has 2 heterocycles. The first-order valence-electron chi connectivity index (χ1n) is 5.60. The zero-order chi connectivity index (χ0) is 11.2. The van der Waals surface area contributed by atoms with Crippen LogP contribution in [-0.4, -0.2) is 35.2 Å². The molecule has 0 saturated carbocycles. The second-order valence-corrected chi connectivity index (χ2v) is 3.93. The highest BCUT2D eigenvalue weighted by Crippen LogP contribution is 2.05. The van der Waals surface area contributed by atoms with Crippen LogP contribution in [0.25, 0.3) is 0 Å². The number of nitrogens with zero attached hydrogens (tertiary/aromatic N) is 2. The SMILES string of the molecule is O=C1CC(NCCc2ncno2)CCCN1. The second kappa shape index (κ2) is 5.60. The van der Waals surface area contributed by atoms with E-state index in [2.05, 4.69) is 20.8 Å². The Morgan fingerprint density at radius 1 is 1.62 bits per heavy atom. The molecular weight excluding hydrogens is 208 g/mol. The number of carbonyl (C=O) groups is 1. The monoisotopic (exact) mass is 224 g/mol. The summed E-state index contributed by atoms with van der Waals surface area (Å²) in [5.41, 5.74) is 0. The molecule has 0 bridgehead atoms. The molecule has 1 aromatic heterocycles. The lowest BCUT2D eigenvalue weighted by Gasteiger charge is -2.13. The zero-order valence-electron chi connectivity index (χ0n) is 9.11. The third-order valence-electron chi connectivity index (χ3n) is 2.66. The Labute approximate surface area is 93.8 Å². The van der Waals surface area contributed by atoms with Crippen molar-refractivity contribution in [3.8, 4) is 0 Å². The maximum absolute atomic E-state index is 11.3. The van der Waals surface area contributed by atoms with Crippen LogP contribution in [0.1, 0.15) is 25.2 Å². The molecule has 1 fully saturated rings. The zero-order valence-corrected chi connectivity index (χ0v) is 9.11. The van der Waals surface area contributed by atoms with E-state index in [-0.39, 0.29) is 11.9 Å². The summed E-state index contributed by atoms with van der Waals surface area (Å²) >= 11 is 0. The highest BCUT2D eigenvalue weighted by molar-refractivity contribution is 5.76. The summed E-state index contributed by atoms with van der Waals surface area (Å²) in [7, 11) is 0. The molecule has 1 aliphatic heterocycles. The molecule has 0 radical (unpaired) electrons. The van der Waals surface area contributed by atoms with Gasteiger partial charge in [0.2, 0.25) is 11.8 Å². The maximum atomic E-state index is 11.3. The summed E-state index contributed by atoms with van der Waals surface area (Å²) in [5.74, 6) is 0.762. The molecule has 0 spiro atoms. The van der Waals surface area contributed by atoms with Gasteiger partial charge in [0.1, 0.15) is 0 Å². The maximum Gasteiger partial charge on any atom is 0.227 e. The molecule has 0 aromatic carbocycles. The standard InChI is InChI=1S/C10H16N4O2/c15-9-6-8(2-1-4-12-9)11-5-3-10-13-7-14-16-10/h7-8,11H,1-6H2,(H,12,15). The fourth-order valence-electron chi connectivity index (χ4n) is 1.84. The van der Waals surface area contributed by atoms with Crippen molar-refractivity contribution < 1.29 is 9.32 Å². The average Bonchev–Trinajstić information content (AvgIpc) is 2.69. The van der Waals surface area contributed by atoms with Crippen LogP contribution in [-0.2, 0) is 11.2 Å². The van der Waals surface area contributed by atoms with Crippen molar-refractivity contribution in [1.82, 2.24) is 20.8 Å². The van der Waals surface area contributed by atoms with E-state index in [0.717, 1.165) is 25.9 Å². The van der Waals surface area contributed by atoms with Crippen LogP contribution in [0.3, 0.4) is 0 Å². The van der Waals surface area contributed by atoms with Gasteiger partial charge in [0.25, 0.3) is 0 Å². The van der Waals surface area contributed by atoms with E-state index in [0.29, 0.717) is 18.7 Å². The minimum Gasteiger partial charge on any atom is -0.356 e. The van der Waals surface area contributed by atoms with Gasteiger partial charge in [0.05, 0.1) is 0 Å². The third-order valence-corrected chi connectivity index (χ3v) is 2.66. The smallest absolute Gasteiger partial charge is 0.227 e. The van der Waals surface area contributed by atoms with Gasteiger partial charge in [-0.2, -0.15) is 4.98 Å². The Morgan fingerprint density at radius 3 is 3.38 bits per heavy atom. The van der Waals surface area contributed by atoms with Crippen LogP contribution in [0.4, 0.5) is 0 Å². The normalized spacial score (nSPS) is 21.5. The molecule has 1 aliphatic rings. The second-order valence-electron chi connectivity index (χ2n) is 3.93. The first-order valence-corrected chi connectivity index (χ1v) is 5.60. The molecule has 16 heavy (non-hydrogen) atoms. The largest absolute Gasteiger partial charge is 0.356 e. The molecule has 1 atom stereocenters.